The minimum absolute atomic E-state index is 0.0618. The summed E-state index contributed by atoms with van der Waals surface area (Å²) >= 11 is 12.0. The van der Waals surface area contributed by atoms with E-state index in [-0.39, 0.29) is 11.8 Å². The van der Waals surface area contributed by atoms with Gasteiger partial charge in [0.05, 0.1) is 0 Å². The first kappa shape index (κ1) is 19.5. The molecule has 0 spiro atoms. The maximum atomic E-state index is 12.8. The molecule has 0 fully saturated rings. The highest BCUT2D eigenvalue weighted by molar-refractivity contribution is 6.31. The van der Waals surface area contributed by atoms with Gasteiger partial charge in [0.15, 0.2) is 0 Å². The van der Waals surface area contributed by atoms with Gasteiger partial charge in [0.25, 0.3) is 11.8 Å². The van der Waals surface area contributed by atoms with Crippen LogP contribution in [0.25, 0.3) is 0 Å². The fourth-order valence-corrected chi connectivity index (χ4v) is 3.85. The maximum absolute atomic E-state index is 12.8. The Labute approximate surface area is 179 Å². The Morgan fingerprint density at radius 2 is 1.59 bits per heavy atom. The van der Waals surface area contributed by atoms with Crippen molar-refractivity contribution in [2.45, 2.75) is 13.0 Å². The van der Waals surface area contributed by atoms with Crippen molar-refractivity contribution in [1.82, 2.24) is 5.32 Å². The number of amides is 2. The molecule has 0 atom stereocenters. The maximum Gasteiger partial charge on any atom is 0.258 e. The second-order valence-corrected chi connectivity index (χ2v) is 7.75. The molecule has 1 aliphatic heterocycles. The average molecular weight is 425 g/mol. The van der Waals surface area contributed by atoms with Crippen LogP contribution in [0.1, 0.15) is 31.8 Å². The van der Waals surface area contributed by atoms with Gasteiger partial charge in [-0.05, 0) is 60.0 Å². The van der Waals surface area contributed by atoms with E-state index >= 15 is 0 Å². The molecule has 0 aliphatic carbocycles. The topological polar surface area (TPSA) is 49.4 Å². The van der Waals surface area contributed by atoms with Crippen LogP contribution < -0.4 is 10.2 Å². The van der Waals surface area contributed by atoms with Crippen LogP contribution in [0.2, 0.25) is 10.0 Å². The molecule has 29 heavy (non-hydrogen) atoms. The Hall–Kier alpha value is -2.82. The first-order chi connectivity index (χ1) is 14.0. The van der Waals surface area contributed by atoms with Crippen LogP contribution in [-0.2, 0) is 13.0 Å². The van der Waals surface area contributed by atoms with Crippen LogP contribution in [0.15, 0.2) is 66.7 Å². The second kappa shape index (κ2) is 8.27. The van der Waals surface area contributed by atoms with E-state index in [4.69, 9.17) is 23.2 Å². The minimum atomic E-state index is -0.175. The van der Waals surface area contributed by atoms with E-state index < -0.39 is 0 Å². The highest BCUT2D eigenvalue weighted by atomic mass is 35.5. The molecule has 3 aromatic carbocycles. The molecule has 0 bridgehead atoms. The van der Waals surface area contributed by atoms with E-state index in [0.717, 1.165) is 23.2 Å². The molecule has 6 heteroatoms. The smallest absolute Gasteiger partial charge is 0.258 e. The fraction of sp³-hybridized carbons (Fsp3) is 0.130. The predicted octanol–water partition coefficient (Wildman–Crippen LogP) is 5.13. The lowest BCUT2D eigenvalue weighted by atomic mass is 10.1. The molecule has 1 aliphatic rings. The molecule has 1 N–H and O–H groups in total. The molecular formula is C23H18Cl2N2O2. The predicted molar refractivity (Wildman–Crippen MR) is 116 cm³/mol. The van der Waals surface area contributed by atoms with Gasteiger partial charge in [-0.15, -0.1) is 0 Å². The average Bonchev–Trinajstić information content (AvgIpc) is 3.14. The molecular weight excluding hydrogens is 407 g/mol. The second-order valence-electron chi connectivity index (χ2n) is 6.87. The standard InChI is InChI=1S/C23H18Cl2N2O2/c24-19-5-1-3-17(12-19)22(28)26-14-15-7-8-21-16(11-15)9-10-27(21)23(29)18-4-2-6-20(25)13-18/h1-8,11-13H,9-10,14H2,(H,26,28). The molecule has 1 heterocycles. The molecule has 0 radical (unpaired) electrons. The zero-order valence-electron chi connectivity index (χ0n) is 15.5. The van der Waals surface area contributed by atoms with Gasteiger partial charge >= 0.3 is 0 Å². The monoisotopic (exact) mass is 424 g/mol. The Kier molecular flexibility index (Phi) is 5.56. The zero-order valence-corrected chi connectivity index (χ0v) is 17.0. The summed E-state index contributed by atoms with van der Waals surface area (Å²) < 4.78 is 0. The number of hydrogen-bond donors (Lipinski definition) is 1. The van der Waals surface area contributed by atoms with Gasteiger partial charge in [0.1, 0.15) is 0 Å². The highest BCUT2D eigenvalue weighted by Gasteiger charge is 2.25. The number of rotatable bonds is 4. The van der Waals surface area contributed by atoms with Gasteiger partial charge in [-0.25, -0.2) is 0 Å². The number of benzene rings is 3. The molecule has 0 saturated heterocycles. The number of hydrogen-bond acceptors (Lipinski definition) is 2. The van der Waals surface area contributed by atoms with Gasteiger partial charge in [-0.2, -0.15) is 0 Å². The molecule has 4 rings (SSSR count). The summed E-state index contributed by atoms with van der Waals surface area (Å²) in [5.41, 5.74) is 4.08. The number of fused-ring (bicyclic) bond motifs is 1. The largest absolute Gasteiger partial charge is 0.348 e. The van der Waals surface area contributed by atoms with Gasteiger partial charge < -0.3 is 10.2 Å². The third kappa shape index (κ3) is 4.29. The third-order valence-electron chi connectivity index (χ3n) is 4.90. The zero-order chi connectivity index (χ0) is 20.4. The van der Waals surface area contributed by atoms with Crippen LogP contribution in [0.3, 0.4) is 0 Å². The number of nitrogens with one attached hydrogen (secondary N) is 1. The molecule has 0 saturated carbocycles. The third-order valence-corrected chi connectivity index (χ3v) is 5.37. The van der Waals surface area contributed by atoms with Crippen molar-refractivity contribution >= 4 is 40.7 Å². The fourth-order valence-electron chi connectivity index (χ4n) is 3.47. The van der Waals surface area contributed by atoms with Crippen molar-refractivity contribution in [2.75, 3.05) is 11.4 Å². The molecule has 3 aromatic rings. The summed E-state index contributed by atoms with van der Waals surface area (Å²) in [4.78, 5) is 26.9. The van der Waals surface area contributed by atoms with E-state index in [1.807, 2.05) is 18.2 Å². The van der Waals surface area contributed by atoms with Crippen molar-refractivity contribution in [3.8, 4) is 0 Å². The van der Waals surface area contributed by atoms with Crippen LogP contribution in [0.4, 0.5) is 5.69 Å². The van der Waals surface area contributed by atoms with Crippen molar-refractivity contribution in [3.05, 3.63) is 99.0 Å². The first-order valence-corrected chi connectivity index (χ1v) is 10.00. The van der Waals surface area contributed by atoms with Crippen molar-refractivity contribution in [2.24, 2.45) is 0 Å². The number of carbonyl (C=O) groups excluding carboxylic acids is 2. The summed E-state index contributed by atoms with van der Waals surface area (Å²) in [6.45, 7) is 1.03. The Morgan fingerprint density at radius 1 is 0.897 bits per heavy atom. The Bertz CT molecular complexity index is 1100. The lowest BCUT2D eigenvalue weighted by Gasteiger charge is -2.18. The summed E-state index contributed by atoms with van der Waals surface area (Å²) in [7, 11) is 0. The highest BCUT2D eigenvalue weighted by Crippen LogP contribution is 2.30. The van der Waals surface area contributed by atoms with E-state index in [1.165, 1.54) is 0 Å². The summed E-state index contributed by atoms with van der Waals surface area (Å²) in [5, 5.41) is 3.98. The van der Waals surface area contributed by atoms with Crippen LogP contribution in [0, 0.1) is 0 Å². The lowest BCUT2D eigenvalue weighted by molar-refractivity contribution is 0.0949. The number of halogens is 2. The first-order valence-electron chi connectivity index (χ1n) is 9.24. The number of nitrogens with zero attached hydrogens (tertiary/aromatic N) is 1. The van der Waals surface area contributed by atoms with Gasteiger partial charge in [-0.1, -0.05) is 47.5 Å². The van der Waals surface area contributed by atoms with E-state index in [1.54, 1.807) is 53.4 Å². The summed E-state index contributed by atoms with van der Waals surface area (Å²) in [6.07, 6.45) is 0.776. The molecule has 146 valence electrons. The van der Waals surface area contributed by atoms with E-state index in [9.17, 15) is 9.59 Å². The van der Waals surface area contributed by atoms with Gasteiger partial charge in [0, 0.05) is 39.9 Å². The normalized spacial score (nSPS) is 12.6. The van der Waals surface area contributed by atoms with Gasteiger partial charge in [0.2, 0.25) is 0 Å². The Balaban J connectivity index is 1.46. The van der Waals surface area contributed by atoms with Crippen molar-refractivity contribution in [1.29, 1.82) is 0 Å². The van der Waals surface area contributed by atoms with Crippen molar-refractivity contribution < 1.29 is 9.59 Å². The van der Waals surface area contributed by atoms with Crippen LogP contribution in [0.5, 0.6) is 0 Å². The van der Waals surface area contributed by atoms with Crippen LogP contribution in [-0.4, -0.2) is 18.4 Å². The van der Waals surface area contributed by atoms with Gasteiger partial charge in [-0.3, -0.25) is 9.59 Å². The van der Waals surface area contributed by atoms with E-state index in [0.29, 0.717) is 34.3 Å². The molecule has 0 unspecified atom stereocenters. The Morgan fingerprint density at radius 3 is 2.31 bits per heavy atom. The quantitative estimate of drug-likeness (QED) is 0.631. The summed E-state index contributed by atoms with van der Waals surface area (Å²) in [5.74, 6) is -0.237. The summed E-state index contributed by atoms with van der Waals surface area (Å²) in [6, 6.07) is 19.7. The molecule has 2 amide bonds. The number of anilines is 1. The molecule has 0 aromatic heterocycles. The molecule has 4 nitrogen and oxygen atoms in total. The number of carbonyl (C=O) groups is 2. The van der Waals surface area contributed by atoms with Crippen LogP contribution >= 0.6 is 23.2 Å². The minimum Gasteiger partial charge on any atom is -0.348 e. The van der Waals surface area contributed by atoms with E-state index in [2.05, 4.69) is 5.32 Å². The lowest BCUT2D eigenvalue weighted by Crippen LogP contribution is -2.28. The SMILES string of the molecule is O=C(NCc1ccc2c(c1)CCN2C(=O)c1cccc(Cl)c1)c1cccc(Cl)c1. The van der Waals surface area contributed by atoms with Crippen molar-refractivity contribution in [3.63, 3.8) is 0 Å².